The molecule has 0 N–H and O–H groups in total. The van der Waals surface area contributed by atoms with Gasteiger partial charge in [0.1, 0.15) is 0 Å². The molecule has 1 aliphatic rings. The maximum atomic E-state index is 4.62. The maximum Gasteiger partial charge on any atom is 0.0540 e. The van der Waals surface area contributed by atoms with E-state index in [1.54, 1.807) is 0 Å². The summed E-state index contributed by atoms with van der Waals surface area (Å²) in [5.41, 5.74) is 3.96. The summed E-state index contributed by atoms with van der Waals surface area (Å²) in [6.45, 7) is 18.5. The zero-order valence-corrected chi connectivity index (χ0v) is 14.4. The van der Waals surface area contributed by atoms with E-state index in [9.17, 15) is 0 Å². The second-order valence-electron chi connectivity index (χ2n) is 3.83. The van der Waals surface area contributed by atoms with Gasteiger partial charge in [0.05, 0.1) is 6.04 Å². The van der Waals surface area contributed by atoms with Crippen LogP contribution in [0.2, 0.25) is 0 Å². The van der Waals surface area contributed by atoms with E-state index < -0.39 is 0 Å². The van der Waals surface area contributed by atoms with Gasteiger partial charge < -0.3 is 0 Å². The van der Waals surface area contributed by atoms with Gasteiger partial charge in [0.25, 0.3) is 0 Å². The first kappa shape index (κ1) is 20.2. The zero-order chi connectivity index (χ0) is 15.4. The van der Waals surface area contributed by atoms with E-state index in [0.29, 0.717) is 12.0 Å². The third-order valence-electron chi connectivity index (χ3n) is 2.96. The van der Waals surface area contributed by atoms with E-state index in [0.717, 1.165) is 0 Å². The summed E-state index contributed by atoms with van der Waals surface area (Å²) >= 11 is 0. The molecule has 110 valence electrons. The molecule has 1 aromatic rings. The van der Waals surface area contributed by atoms with Gasteiger partial charge in [-0.15, -0.1) is 0 Å². The average Bonchev–Trinajstić information content (AvgIpc) is 2.51. The smallest absolute Gasteiger partial charge is 0.0540 e. The SMILES string of the molecule is CC.CC.CC.CC1=NC(C)C(C)c2ccccc21. The van der Waals surface area contributed by atoms with Gasteiger partial charge in [-0.2, -0.15) is 0 Å². The second-order valence-corrected chi connectivity index (χ2v) is 3.83. The topological polar surface area (TPSA) is 12.4 Å². The van der Waals surface area contributed by atoms with Crippen molar-refractivity contribution in [2.75, 3.05) is 0 Å². The van der Waals surface area contributed by atoms with Crippen LogP contribution in [0.15, 0.2) is 29.3 Å². The lowest BCUT2D eigenvalue weighted by molar-refractivity contribution is 0.605. The molecule has 2 rings (SSSR count). The monoisotopic (exact) mass is 263 g/mol. The van der Waals surface area contributed by atoms with Crippen LogP contribution in [-0.4, -0.2) is 11.8 Å². The van der Waals surface area contributed by atoms with Crippen molar-refractivity contribution in [3.8, 4) is 0 Å². The summed E-state index contributed by atoms with van der Waals surface area (Å²) in [5, 5.41) is 0. The molecule has 1 heterocycles. The van der Waals surface area contributed by atoms with Crippen molar-refractivity contribution >= 4 is 5.71 Å². The second kappa shape index (κ2) is 12.0. The quantitative estimate of drug-likeness (QED) is 0.538. The van der Waals surface area contributed by atoms with Crippen LogP contribution >= 0.6 is 0 Å². The summed E-state index contributed by atoms with van der Waals surface area (Å²) in [7, 11) is 0. The highest BCUT2D eigenvalue weighted by molar-refractivity contribution is 6.01. The molecule has 19 heavy (non-hydrogen) atoms. The Morgan fingerprint density at radius 2 is 1.32 bits per heavy atom. The number of rotatable bonds is 0. The predicted molar refractivity (Wildman–Crippen MR) is 90.6 cm³/mol. The molecule has 1 heteroatoms. The van der Waals surface area contributed by atoms with Crippen LogP contribution in [0.25, 0.3) is 0 Å². The van der Waals surface area contributed by atoms with Crippen molar-refractivity contribution in [2.45, 2.75) is 74.3 Å². The molecule has 0 saturated heterocycles. The van der Waals surface area contributed by atoms with Gasteiger partial charge >= 0.3 is 0 Å². The fourth-order valence-corrected chi connectivity index (χ4v) is 1.97. The molecule has 0 aromatic heterocycles. The average molecular weight is 263 g/mol. The van der Waals surface area contributed by atoms with Crippen LogP contribution in [-0.2, 0) is 0 Å². The number of benzene rings is 1. The van der Waals surface area contributed by atoms with Gasteiger partial charge in [-0.1, -0.05) is 72.7 Å². The minimum Gasteiger partial charge on any atom is -0.286 e. The van der Waals surface area contributed by atoms with Crippen molar-refractivity contribution in [1.29, 1.82) is 0 Å². The van der Waals surface area contributed by atoms with E-state index >= 15 is 0 Å². The lowest BCUT2D eigenvalue weighted by atomic mass is 9.86. The summed E-state index contributed by atoms with van der Waals surface area (Å²) in [6, 6.07) is 9.00. The highest BCUT2D eigenvalue weighted by Gasteiger charge is 2.21. The van der Waals surface area contributed by atoms with Crippen molar-refractivity contribution < 1.29 is 0 Å². The van der Waals surface area contributed by atoms with E-state index in [1.807, 2.05) is 41.5 Å². The van der Waals surface area contributed by atoms with Crippen LogP contribution in [0.4, 0.5) is 0 Å². The van der Waals surface area contributed by atoms with Crippen molar-refractivity contribution in [3.63, 3.8) is 0 Å². The normalized spacial score (nSPS) is 19.1. The van der Waals surface area contributed by atoms with Gasteiger partial charge in [0, 0.05) is 11.6 Å². The minimum atomic E-state index is 0.426. The lowest BCUT2D eigenvalue weighted by Crippen LogP contribution is -2.20. The number of hydrogen-bond donors (Lipinski definition) is 0. The molecular weight excluding hydrogens is 230 g/mol. The van der Waals surface area contributed by atoms with Crippen LogP contribution in [0.5, 0.6) is 0 Å². The highest BCUT2D eigenvalue weighted by Crippen LogP contribution is 2.29. The minimum absolute atomic E-state index is 0.426. The van der Waals surface area contributed by atoms with Crippen molar-refractivity contribution in [3.05, 3.63) is 35.4 Å². The molecule has 0 bridgehead atoms. The molecular formula is C18H33N. The Kier molecular flexibility index (Phi) is 12.7. The van der Waals surface area contributed by atoms with Gasteiger partial charge in [0.2, 0.25) is 0 Å². The molecule has 1 aliphatic heterocycles. The standard InChI is InChI=1S/C12H15N.3C2H6/c1-8-9(2)13-10(3)12-7-5-4-6-11(8)12;3*1-2/h4-9H,1-3H3;3*1-2H3. The summed E-state index contributed by atoms with van der Waals surface area (Å²) in [6.07, 6.45) is 0. The van der Waals surface area contributed by atoms with Crippen LogP contribution in [0.1, 0.15) is 79.4 Å². The first-order valence-electron chi connectivity index (χ1n) is 7.84. The Hall–Kier alpha value is -1.11. The fourth-order valence-electron chi connectivity index (χ4n) is 1.97. The summed E-state index contributed by atoms with van der Waals surface area (Å²) < 4.78 is 0. The van der Waals surface area contributed by atoms with E-state index in [4.69, 9.17) is 0 Å². The van der Waals surface area contributed by atoms with Gasteiger partial charge in [0.15, 0.2) is 0 Å². The molecule has 2 atom stereocenters. The number of hydrogen-bond acceptors (Lipinski definition) is 1. The molecule has 0 saturated carbocycles. The summed E-state index contributed by atoms with van der Waals surface area (Å²) in [4.78, 5) is 4.62. The fraction of sp³-hybridized carbons (Fsp3) is 0.611. The van der Waals surface area contributed by atoms with E-state index in [1.165, 1.54) is 16.8 Å². The largest absolute Gasteiger partial charge is 0.286 e. The van der Waals surface area contributed by atoms with Crippen molar-refractivity contribution in [1.82, 2.24) is 0 Å². The van der Waals surface area contributed by atoms with Crippen LogP contribution < -0.4 is 0 Å². The van der Waals surface area contributed by atoms with Gasteiger partial charge in [-0.25, -0.2) is 0 Å². The first-order chi connectivity index (χ1) is 9.20. The van der Waals surface area contributed by atoms with Gasteiger partial charge in [-0.05, 0) is 25.0 Å². The van der Waals surface area contributed by atoms with Gasteiger partial charge in [-0.3, -0.25) is 4.99 Å². The number of aliphatic imine (C=N–C) groups is 1. The molecule has 0 aliphatic carbocycles. The molecule has 0 fully saturated rings. The molecule has 0 amide bonds. The maximum absolute atomic E-state index is 4.62. The lowest BCUT2D eigenvalue weighted by Gasteiger charge is -2.25. The highest BCUT2D eigenvalue weighted by atomic mass is 14.8. The summed E-state index contributed by atoms with van der Waals surface area (Å²) in [5.74, 6) is 0.555. The van der Waals surface area contributed by atoms with E-state index in [2.05, 4.69) is 50.0 Å². The Balaban J connectivity index is 0. The Morgan fingerprint density at radius 3 is 1.84 bits per heavy atom. The molecule has 2 unspecified atom stereocenters. The third kappa shape index (κ3) is 5.59. The zero-order valence-electron chi connectivity index (χ0n) is 14.4. The van der Waals surface area contributed by atoms with Crippen molar-refractivity contribution in [2.24, 2.45) is 4.99 Å². The predicted octanol–water partition coefficient (Wildman–Crippen LogP) is 6.08. The number of nitrogens with zero attached hydrogens (tertiary/aromatic N) is 1. The Morgan fingerprint density at radius 1 is 0.842 bits per heavy atom. The molecule has 0 spiro atoms. The Bertz CT molecular complexity index is 352. The first-order valence-corrected chi connectivity index (χ1v) is 7.84. The van der Waals surface area contributed by atoms with Crippen LogP contribution in [0.3, 0.4) is 0 Å². The third-order valence-corrected chi connectivity index (χ3v) is 2.96. The Labute approximate surface area is 121 Å². The van der Waals surface area contributed by atoms with E-state index in [-0.39, 0.29) is 0 Å². The molecule has 0 radical (unpaired) electrons. The molecule has 1 nitrogen and oxygen atoms in total. The number of fused-ring (bicyclic) bond motifs is 1. The van der Waals surface area contributed by atoms with Crippen LogP contribution in [0, 0.1) is 0 Å². The molecule has 1 aromatic carbocycles.